The second-order valence-electron chi connectivity index (χ2n) is 4.25. The highest BCUT2D eigenvalue weighted by Crippen LogP contribution is 2.46. The normalized spacial score (nSPS) is 18.9. The number of aromatic nitrogens is 1. The summed E-state index contributed by atoms with van der Waals surface area (Å²) >= 11 is 5.30. The highest BCUT2D eigenvalue weighted by atomic mass is 79.9. The van der Waals surface area contributed by atoms with E-state index < -0.39 is 0 Å². The Morgan fingerprint density at radius 3 is 2.64 bits per heavy atom. The Balaban J connectivity index is 2.22. The fourth-order valence-electron chi connectivity index (χ4n) is 1.35. The molecule has 0 bridgehead atoms. The van der Waals surface area contributed by atoms with Gasteiger partial charge in [-0.25, -0.2) is 4.98 Å². The van der Waals surface area contributed by atoms with Gasteiger partial charge >= 0.3 is 0 Å². The number of hydrogen-bond acceptors (Lipinski definition) is 3. The van der Waals surface area contributed by atoms with Crippen LogP contribution in [0.4, 0.5) is 0 Å². The predicted molar refractivity (Wildman–Crippen MR) is 63.6 cm³/mol. The first-order valence-electron chi connectivity index (χ1n) is 5.01. The minimum absolute atomic E-state index is 0.0869. The van der Waals surface area contributed by atoms with Crippen LogP contribution in [0, 0.1) is 5.92 Å². The molecule has 1 aromatic heterocycles. The molecule has 1 aromatic rings. The SMILES string of the molecule is CC(C)C(N)c1nc(Br)c(C2CC2)s1. The summed E-state index contributed by atoms with van der Waals surface area (Å²) in [6.45, 7) is 4.27. The summed E-state index contributed by atoms with van der Waals surface area (Å²) in [6.07, 6.45) is 2.63. The van der Waals surface area contributed by atoms with Crippen molar-refractivity contribution < 1.29 is 0 Å². The van der Waals surface area contributed by atoms with Crippen molar-refractivity contribution in [1.82, 2.24) is 4.98 Å². The van der Waals surface area contributed by atoms with Gasteiger partial charge in [-0.1, -0.05) is 13.8 Å². The fourth-order valence-corrected chi connectivity index (χ4v) is 3.53. The lowest BCUT2D eigenvalue weighted by Gasteiger charge is -2.11. The second-order valence-corrected chi connectivity index (χ2v) is 6.06. The van der Waals surface area contributed by atoms with Gasteiger partial charge in [0.2, 0.25) is 0 Å². The lowest BCUT2D eigenvalue weighted by molar-refractivity contribution is 0.511. The molecule has 0 aromatic carbocycles. The maximum atomic E-state index is 6.07. The zero-order chi connectivity index (χ0) is 10.3. The summed E-state index contributed by atoms with van der Waals surface area (Å²) in [7, 11) is 0. The quantitative estimate of drug-likeness (QED) is 0.917. The van der Waals surface area contributed by atoms with E-state index in [1.807, 2.05) is 0 Å². The maximum Gasteiger partial charge on any atom is 0.120 e. The minimum atomic E-state index is 0.0869. The van der Waals surface area contributed by atoms with Gasteiger partial charge in [-0.05, 0) is 40.6 Å². The Morgan fingerprint density at radius 1 is 1.50 bits per heavy atom. The number of thiazole rings is 1. The summed E-state index contributed by atoms with van der Waals surface area (Å²) < 4.78 is 1.02. The predicted octanol–water partition coefficient (Wildman–Crippen LogP) is 3.44. The van der Waals surface area contributed by atoms with E-state index in [2.05, 4.69) is 34.8 Å². The fraction of sp³-hybridized carbons (Fsp3) is 0.700. The minimum Gasteiger partial charge on any atom is -0.322 e. The molecule has 1 fully saturated rings. The van der Waals surface area contributed by atoms with Crippen molar-refractivity contribution >= 4 is 27.3 Å². The average molecular weight is 275 g/mol. The molecule has 2 N–H and O–H groups in total. The van der Waals surface area contributed by atoms with E-state index >= 15 is 0 Å². The van der Waals surface area contributed by atoms with E-state index in [4.69, 9.17) is 5.73 Å². The van der Waals surface area contributed by atoms with E-state index in [-0.39, 0.29) is 6.04 Å². The molecular weight excluding hydrogens is 260 g/mol. The van der Waals surface area contributed by atoms with Crippen LogP contribution in [0.15, 0.2) is 4.60 Å². The molecule has 78 valence electrons. The van der Waals surface area contributed by atoms with Gasteiger partial charge in [-0.15, -0.1) is 11.3 Å². The van der Waals surface area contributed by atoms with E-state index in [1.54, 1.807) is 11.3 Å². The molecule has 14 heavy (non-hydrogen) atoms. The molecule has 0 aliphatic heterocycles. The van der Waals surface area contributed by atoms with Crippen LogP contribution in [-0.4, -0.2) is 4.98 Å². The van der Waals surface area contributed by atoms with Crippen LogP contribution in [0.25, 0.3) is 0 Å². The molecule has 0 saturated heterocycles. The summed E-state index contributed by atoms with van der Waals surface area (Å²) in [6, 6.07) is 0.0869. The zero-order valence-corrected chi connectivity index (χ0v) is 10.9. The van der Waals surface area contributed by atoms with Crippen molar-refractivity contribution in [2.24, 2.45) is 11.7 Å². The maximum absolute atomic E-state index is 6.07. The Labute approximate surface area is 97.0 Å². The van der Waals surface area contributed by atoms with Crippen LogP contribution < -0.4 is 5.73 Å². The topological polar surface area (TPSA) is 38.9 Å². The molecule has 0 radical (unpaired) electrons. The molecule has 0 amide bonds. The number of nitrogens with two attached hydrogens (primary N) is 1. The van der Waals surface area contributed by atoms with Crippen molar-refractivity contribution in [3.63, 3.8) is 0 Å². The molecule has 1 saturated carbocycles. The molecule has 0 spiro atoms. The first kappa shape index (κ1) is 10.6. The summed E-state index contributed by atoms with van der Waals surface area (Å²) in [5.41, 5.74) is 6.07. The number of rotatable bonds is 3. The molecule has 1 atom stereocenters. The molecule has 1 heterocycles. The zero-order valence-electron chi connectivity index (χ0n) is 8.46. The smallest absolute Gasteiger partial charge is 0.120 e. The van der Waals surface area contributed by atoms with Gasteiger partial charge in [0.15, 0.2) is 0 Å². The van der Waals surface area contributed by atoms with Crippen molar-refractivity contribution in [2.75, 3.05) is 0 Å². The van der Waals surface area contributed by atoms with Crippen molar-refractivity contribution in [1.29, 1.82) is 0 Å². The van der Waals surface area contributed by atoms with Gasteiger partial charge in [0.25, 0.3) is 0 Å². The highest BCUT2D eigenvalue weighted by Gasteiger charge is 2.29. The Kier molecular flexibility index (Phi) is 2.96. The summed E-state index contributed by atoms with van der Waals surface area (Å²) in [5, 5.41) is 1.08. The van der Waals surface area contributed by atoms with Crippen molar-refractivity contribution in [3.05, 3.63) is 14.5 Å². The molecule has 4 heteroatoms. The van der Waals surface area contributed by atoms with Gasteiger partial charge in [0.05, 0.1) is 6.04 Å². The summed E-state index contributed by atoms with van der Waals surface area (Å²) in [4.78, 5) is 5.90. The highest BCUT2D eigenvalue weighted by molar-refractivity contribution is 9.10. The molecule has 1 aliphatic rings. The first-order valence-corrected chi connectivity index (χ1v) is 6.62. The van der Waals surface area contributed by atoms with Gasteiger partial charge < -0.3 is 5.73 Å². The molecule has 2 rings (SSSR count). The van der Waals surface area contributed by atoms with E-state index in [9.17, 15) is 0 Å². The molecular formula is C10H15BrN2S. The van der Waals surface area contributed by atoms with Gasteiger partial charge in [-0.2, -0.15) is 0 Å². The van der Waals surface area contributed by atoms with Crippen LogP contribution in [0.5, 0.6) is 0 Å². The van der Waals surface area contributed by atoms with E-state index in [0.29, 0.717) is 5.92 Å². The largest absolute Gasteiger partial charge is 0.322 e. The van der Waals surface area contributed by atoms with Gasteiger partial charge in [0, 0.05) is 4.88 Å². The number of halogens is 1. The first-order chi connectivity index (χ1) is 6.59. The average Bonchev–Trinajstić information content (AvgIpc) is 2.89. The third-order valence-electron chi connectivity index (χ3n) is 2.58. The van der Waals surface area contributed by atoms with Crippen molar-refractivity contribution in [2.45, 2.75) is 38.6 Å². The van der Waals surface area contributed by atoms with E-state index in [0.717, 1.165) is 15.5 Å². The second kappa shape index (κ2) is 3.91. The Bertz CT molecular complexity index is 331. The number of hydrogen-bond donors (Lipinski definition) is 1. The molecule has 1 aliphatic carbocycles. The Hall–Kier alpha value is 0.0700. The van der Waals surface area contributed by atoms with Gasteiger partial charge in [0.1, 0.15) is 9.61 Å². The van der Waals surface area contributed by atoms with Crippen LogP contribution in [0.2, 0.25) is 0 Å². The van der Waals surface area contributed by atoms with Crippen LogP contribution in [-0.2, 0) is 0 Å². The van der Waals surface area contributed by atoms with E-state index in [1.165, 1.54) is 17.7 Å². The number of nitrogens with zero attached hydrogens (tertiary/aromatic N) is 1. The molecule has 2 nitrogen and oxygen atoms in total. The van der Waals surface area contributed by atoms with Crippen LogP contribution in [0.3, 0.4) is 0 Å². The standard InChI is InChI=1S/C10H15BrN2S/c1-5(2)7(12)10-13-9(11)8(14-10)6-3-4-6/h5-7H,3-4,12H2,1-2H3. The van der Waals surface area contributed by atoms with Gasteiger partial charge in [-0.3, -0.25) is 0 Å². The monoisotopic (exact) mass is 274 g/mol. The lowest BCUT2D eigenvalue weighted by Crippen LogP contribution is -2.16. The summed E-state index contributed by atoms with van der Waals surface area (Å²) in [5.74, 6) is 1.22. The lowest BCUT2D eigenvalue weighted by atomic mass is 10.1. The van der Waals surface area contributed by atoms with Crippen molar-refractivity contribution in [3.8, 4) is 0 Å². The van der Waals surface area contributed by atoms with Crippen LogP contribution in [0.1, 0.15) is 48.5 Å². The molecule has 1 unspecified atom stereocenters. The third kappa shape index (κ3) is 2.02. The Morgan fingerprint density at radius 2 is 2.14 bits per heavy atom. The van der Waals surface area contributed by atoms with Crippen LogP contribution >= 0.6 is 27.3 Å². The third-order valence-corrected chi connectivity index (χ3v) is 4.76.